The lowest BCUT2D eigenvalue weighted by atomic mass is 10.1. The number of fused-ring (bicyclic) bond motifs is 1. The lowest BCUT2D eigenvalue weighted by Gasteiger charge is -2.30. The third kappa shape index (κ3) is 4.28. The smallest absolute Gasteiger partial charge is 0.274 e. The number of thiazole rings is 1. The molecule has 0 spiro atoms. The normalized spacial score (nSPS) is 16.6. The van der Waals surface area contributed by atoms with Gasteiger partial charge in [0.1, 0.15) is 11.9 Å². The van der Waals surface area contributed by atoms with Gasteiger partial charge in [0, 0.05) is 13.1 Å². The van der Waals surface area contributed by atoms with Gasteiger partial charge in [-0.1, -0.05) is 41.7 Å². The zero-order valence-electron chi connectivity index (χ0n) is 14.5. The van der Waals surface area contributed by atoms with Crippen molar-refractivity contribution in [2.45, 2.75) is 24.7 Å². The van der Waals surface area contributed by atoms with Crippen molar-refractivity contribution in [2.24, 2.45) is 0 Å². The first kappa shape index (κ1) is 18.3. The second kappa shape index (κ2) is 7.53. The molecule has 1 saturated heterocycles. The molecule has 142 valence electrons. The SMILES string of the molecule is O=S(=O)(Cc1ccccc1)N1CCC(Oc2nc3ccc(F)cc3s2)CC1. The molecule has 0 radical (unpaired) electrons. The van der Waals surface area contributed by atoms with Gasteiger partial charge in [0.05, 0.1) is 16.0 Å². The highest BCUT2D eigenvalue weighted by molar-refractivity contribution is 7.88. The van der Waals surface area contributed by atoms with Crippen molar-refractivity contribution in [3.8, 4) is 5.19 Å². The molecular formula is C19H19FN2O3S2. The van der Waals surface area contributed by atoms with Crippen molar-refractivity contribution in [1.29, 1.82) is 0 Å². The van der Waals surface area contributed by atoms with Crippen molar-refractivity contribution >= 4 is 31.6 Å². The van der Waals surface area contributed by atoms with Gasteiger partial charge in [0.15, 0.2) is 0 Å². The fraction of sp³-hybridized carbons (Fsp3) is 0.316. The zero-order valence-corrected chi connectivity index (χ0v) is 16.2. The van der Waals surface area contributed by atoms with Crippen LogP contribution in [0.3, 0.4) is 0 Å². The topological polar surface area (TPSA) is 59.5 Å². The average molecular weight is 407 g/mol. The van der Waals surface area contributed by atoms with Crippen LogP contribution >= 0.6 is 11.3 Å². The van der Waals surface area contributed by atoms with Gasteiger partial charge in [-0.25, -0.2) is 22.1 Å². The van der Waals surface area contributed by atoms with E-state index in [4.69, 9.17) is 4.74 Å². The number of hydrogen-bond donors (Lipinski definition) is 0. The van der Waals surface area contributed by atoms with Gasteiger partial charge >= 0.3 is 0 Å². The Kier molecular flexibility index (Phi) is 5.12. The van der Waals surface area contributed by atoms with Gasteiger partial charge in [0.2, 0.25) is 10.0 Å². The van der Waals surface area contributed by atoms with Crippen LogP contribution in [-0.4, -0.2) is 36.9 Å². The van der Waals surface area contributed by atoms with E-state index in [2.05, 4.69) is 4.98 Å². The molecule has 0 atom stereocenters. The fourth-order valence-corrected chi connectivity index (χ4v) is 5.64. The molecule has 5 nitrogen and oxygen atoms in total. The highest BCUT2D eigenvalue weighted by Gasteiger charge is 2.29. The van der Waals surface area contributed by atoms with Crippen LogP contribution in [0.25, 0.3) is 10.2 Å². The lowest BCUT2D eigenvalue weighted by Crippen LogP contribution is -2.42. The monoisotopic (exact) mass is 406 g/mol. The maximum absolute atomic E-state index is 13.3. The molecular weight excluding hydrogens is 387 g/mol. The summed E-state index contributed by atoms with van der Waals surface area (Å²) in [5.41, 5.74) is 1.50. The van der Waals surface area contributed by atoms with E-state index in [9.17, 15) is 12.8 Å². The summed E-state index contributed by atoms with van der Waals surface area (Å²) in [5, 5.41) is 0.501. The minimum Gasteiger partial charge on any atom is -0.467 e. The number of piperidine rings is 1. The van der Waals surface area contributed by atoms with Crippen LogP contribution in [0.2, 0.25) is 0 Å². The van der Waals surface area contributed by atoms with Gasteiger partial charge in [-0.3, -0.25) is 0 Å². The highest BCUT2D eigenvalue weighted by atomic mass is 32.2. The van der Waals surface area contributed by atoms with E-state index in [1.807, 2.05) is 30.3 Å². The molecule has 8 heteroatoms. The summed E-state index contributed by atoms with van der Waals surface area (Å²) in [5.74, 6) is -0.280. The van der Waals surface area contributed by atoms with Crippen molar-refractivity contribution in [1.82, 2.24) is 9.29 Å². The minimum absolute atomic E-state index is 0.0167. The van der Waals surface area contributed by atoms with Crippen molar-refractivity contribution in [3.05, 3.63) is 59.9 Å². The van der Waals surface area contributed by atoms with Gasteiger partial charge < -0.3 is 4.74 Å². The summed E-state index contributed by atoms with van der Waals surface area (Å²) in [6.07, 6.45) is 1.13. The quantitative estimate of drug-likeness (QED) is 0.647. The number of sulfonamides is 1. The van der Waals surface area contributed by atoms with Crippen LogP contribution in [0.1, 0.15) is 18.4 Å². The molecule has 1 aromatic heterocycles. The number of ether oxygens (including phenoxy) is 1. The first-order valence-corrected chi connectivity index (χ1v) is 11.2. The van der Waals surface area contributed by atoms with Crippen LogP contribution < -0.4 is 4.74 Å². The molecule has 1 aliphatic heterocycles. The van der Waals surface area contributed by atoms with Crippen LogP contribution in [0.15, 0.2) is 48.5 Å². The Bertz CT molecular complexity index is 1030. The Morgan fingerprint density at radius 2 is 1.89 bits per heavy atom. The van der Waals surface area contributed by atoms with Crippen molar-refractivity contribution in [3.63, 3.8) is 0 Å². The van der Waals surface area contributed by atoms with E-state index in [1.54, 1.807) is 6.07 Å². The van der Waals surface area contributed by atoms with E-state index in [-0.39, 0.29) is 17.7 Å². The summed E-state index contributed by atoms with van der Waals surface area (Å²) >= 11 is 1.31. The van der Waals surface area contributed by atoms with Gasteiger partial charge in [-0.2, -0.15) is 0 Å². The van der Waals surface area contributed by atoms with Crippen LogP contribution in [0.4, 0.5) is 4.39 Å². The second-order valence-corrected chi connectivity index (χ2v) is 9.51. The summed E-state index contributed by atoms with van der Waals surface area (Å²) in [7, 11) is -3.33. The van der Waals surface area contributed by atoms with Crippen molar-refractivity contribution < 1.29 is 17.5 Å². The molecule has 0 N–H and O–H groups in total. The van der Waals surface area contributed by atoms with Crippen molar-refractivity contribution in [2.75, 3.05) is 13.1 Å². The standard InChI is InChI=1S/C19H19FN2O3S2/c20-15-6-7-17-18(12-15)26-19(21-17)25-16-8-10-22(11-9-16)27(23,24)13-14-4-2-1-3-5-14/h1-7,12,16H,8-11,13H2. The highest BCUT2D eigenvalue weighted by Crippen LogP contribution is 2.30. The largest absolute Gasteiger partial charge is 0.467 e. The molecule has 0 bridgehead atoms. The van der Waals surface area contributed by atoms with Gasteiger partial charge in [-0.15, -0.1) is 0 Å². The molecule has 2 heterocycles. The van der Waals surface area contributed by atoms with E-state index in [1.165, 1.54) is 27.8 Å². The van der Waals surface area contributed by atoms with Gasteiger partial charge in [0.25, 0.3) is 5.19 Å². The number of rotatable bonds is 5. The molecule has 2 aromatic carbocycles. The summed E-state index contributed by atoms with van der Waals surface area (Å²) in [4.78, 5) is 4.37. The van der Waals surface area contributed by atoms with Crippen LogP contribution in [0.5, 0.6) is 5.19 Å². The fourth-order valence-electron chi connectivity index (χ4n) is 3.17. The molecule has 1 fully saturated rings. The predicted octanol–water partition coefficient (Wildman–Crippen LogP) is 3.81. The Labute approximate surface area is 161 Å². The zero-order chi connectivity index (χ0) is 18.9. The van der Waals surface area contributed by atoms with E-state index in [0.29, 0.717) is 36.6 Å². The molecule has 3 aromatic rings. The Morgan fingerprint density at radius 3 is 2.63 bits per heavy atom. The van der Waals surface area contributed by atoms with Crippen LogP contribution in [-0.2, 0) is 15.8 Å². The molecule has 0 aliphatic carbocycles. The molecule has 1 aliphatic rings. The minimum atomic E-state index is -3.33. The van der Waals surface area contributed by atoms with E-state index < -0.39 is 10.0 Å². The summed E-state index contributed by atoms with van der Waals surface area (Å²) in [6.45, 7) is 0.860. The first-order chi connectivity index (χ1) is 13.0. The number of aromatic nitrogens is 1. The summed E-state index contributed by atoms with van der Waals surface area (Å²) in [6, 6.07) is 13.7. The average Bonchev–Trinajstić information content (AvgIpc) is 3.04. The number of benzene rings is 2. The van der Waals surface area contributed by atoms with E-state index in [0.717, 1.165) is 10.3 Å². The third-order valence-electron chi connectivity index (χ3n) is 4.58. The van der Waals surface area contributed by atoms with E-state index >= 15 is 0 Å². The molecule has 0 amide bonds. The van der Waals surface area contributed by atoms with Gasteiger partial charge in [-0.05, 0) is 36.6 Å². The molecule has 0 unspecified atom stereocenters. The number of halogens is 1. The Morgan fingerprint density at radius 1 is 1.15 bits per heavy atom. The third-order valence-corrected chi connectivity index (χ3v) is 7.34. The number of nitrogens with zero attached hydrogens (tertiary/aromatic N) is 2. The molecule has 4 rings (SSSR count). The van der Waals surface area contributed by atoms with Crippen LogP contribution in [0, 0.1) is 5.82 Å². The first-order valence-electron chi connectivity index (χ1n) is 8.74. The maximum Gasteiger partial charge on any atom is 0.274 e. The Hall–Kier alpha value is -2.03. The molecule has 0 saturated carbocycles. The maximum atomic E-state index is 13.3. The summed E-state index contributed by atoms with van der Waals surface area (Å²) < 4.78 is 46.7. The second-order valence-electron chi connectivity index (χ2n) is 6.55. The predicted molar refractivity (Wildman–Crippen MR) is 104 cm³/mol. The Balaban J connectivity index is 1.36. The molecule has 27 heavy (non-hydrogen) atoms. The lowest BCUT2D eigenvalue weighted by molar-refractivity contribution is 0.135. The number of hydrogen-bond acceptors (Lipinski definition) is 5.